The summed E-state index contributed by atoms with van der Waals surface area (Å²) in [6.45, 7) is 9.17. The van der Waals surface area contributed by atoms with E-state index in [1.807, 2.05) is 0 Å². The first-order valence-electron chi connectivity index (χ1n) is 11.2. The van der Waals surface area contributed by atoms with Gasteiger partial charge in [0.05, 0.1) is 0 Å². The second-order valence-corrected chi connectivity index (χ2v) is 7.83. The molecular weight excluding hydrogens is 340 g/mol. The summed E-state index contributed by atoms with van der Waals surface area (Å²) in [5, 5.41) is 6.84. The van der Waals surface area contributed by atoms with Crippen molar-refractivity contribution < 1.29 is 9.53 Å². The SMILES string of the molecule is CCCCOCCCN=C(NCC)NC1CCN(C(=O)C2CCCCC2)C1. The molecule has 27 heavy (non-hydrogen) atoms. The van der Waals surface area contributed by atoms with Crippen LogP contribution in [0.1, 0.15) is 71.6 Å². The molecule has 2 N–H and O–H groups in total. The first-order chi connectivity index (χ1) is 13.2. The Bertz CT molecular complexity index is 449. The molecule has 1 aliphatic carbocycles. The van der Waals surface area contributed by atoms with Crippen LogP contribution >= 0.6 is 0 Å². The van der Waals surface area contributed by atoms with E-state index >= 15 is 0 Å². The lowest BCUT2D eigenvalue weighted by Gasteiger charge is -2.26. The van der Waals surface area contributed by atoms with Crippen molar-refractivity contribution in [3.8, 4) is 0 Å². The minimum absolute atomic E-state index is 0.270. The van der Waals surface area contributed by atoms with Gasteiger partial charge in [-0.2, -0.15) is 0 Å². The van der Waals surface area contributed by atoms with E-state index < -0.39 is 0 Å². The van der Waals surface area contributed by atoms with Gasteiger partial charge in [0.2, 0.25) is 5.91 Å². The summed E-state index contributed by atoms with van der Waals surface area (Å²) >= 11 is 0. The standard InChI is InChI=1S/C21H40N4O2/c1-3-5-15-27-16-9-13-23-21(22-4-2)24-19-12-14-25(17-19)20(26)18-10-7-6-8-11-18/h18-19H,3-17H2,1-2H3,(H2,22,23,24). The molecule has 1 saturated carbocycles. The van der Waals surface area contributed by atoms with Crippen molar-refractivity contribution in [3.05, 3.63) is 0 Å². The van der Waals surface area contributed by atoms with Crippen LogP contribution in [0.3, 0.4) is 0 Å². The molecule has 0 aromatic heterocycles. The Balaban J connectivity index is 1.70. The van der Waals surface area contributed by atoms with Gasteiger partial charge in [-0.15, -0.1) is 0 Å². The molecule has 1 atom stereocenters. The Labute approximate surface area is 165 Å². The molecule has 0 spiro atoms. The zero-order valence-electron chi connectivity index (χ0n) is 17.5. The molecule has 1 amide bonds. The van der Waals surface area contributed by atoms with Crippen LogP contribution in [0.5, 0.6) is 0 Å². The normalized spacial score (nSPS) is 21.5. The fourth-order valence-electron chi connectivity index (χ4n) is 3.91. The third-order valence-electron chi connectivity index (χ3n) is 5.50. The van der Waals surface area contributed by atoms with Gasteiger partial charge in [0.1, 0.15) is 0 Å². The van der Waals surface area contributed by atoms with Gasteiger partial charge in [-0.3, -0.25) is 9.79 Å². The number of hydrogen-bond donors (Lipinski definition) is 2. The number of carbonyl (C=O) groups is 1. The molecule has 6 heteroatoms. The van der Waals surface area contributed by atoms with Crippen molar-refractivity contribution in [1.29, 1.82) is 0 Å². The Kier molecular flexibility index (Phi) is 10.6. The summed E-state index contributed by atoms with van der Waals surface area (Å²) < 4.78 is 5.59. The van der Waals surface area contributed by atoms with E-state index in [0.29, 0.717) is 11.9 Å². The highest BCUT2D eigenvalue weighted by Crippen LogP contribution is 2.26. The second-order valence-electron chi connectivity index (χ2n) is 7.83. The van der Waals surface area contributed by atoms with Crippen LogP contribution < -0.4 is 10.6 Å². The van der Waals surface area contributed by atoms with E-state index in [9.17, 15) is 4.79 Å². The van der Waals surface area contributed by atoms with E-state index in [4.69, 9.17) is 4.74 Å². The molecular formula is C21H40N4O2. The maximum Gasteiger partial charge on any atom is 0.225 e. The molecule has 0 bridgehead atoms. The third-order valence-corrected chi connectivity index (χ3v) is 5.50. The van der Waals surface area contributed by atoms with E-state index in [0.717, 1.165) is 77.5 Å². The highest BCUT2D eigenvalue weighted by Gasteiger charge is 2.31. The number of nitrogens with one attached hydrogen (secondary N) is 2. The molecule has 1 heterocycles. The van der Waals surface area contributed by atoms with Crippen molar-refractivity contribution >= 4 is 11.9 Å². The first-order valence-corrected chi connectivity index (χ1v) is 11.2. The Hall–Kier alpha value is -1.30. The number of unbranched alkanes of at least 4 members (excludes halogenated alkanes) is 1. The molecule has 1 aliphatic heterocycles. The lowest BCUT2D eigenvalue weighted by Crippen LogP contribution is -2.45. The molecule has 1 unspecified atom stereocenters. The van der Waals surface area contributed by atoms with Crippen molar-refractivity contribution in [2.24, 2.45) is 10.9 Å². The van der Waals surface area contributed by atoms with Crippen LogP contribution in [-0.2, 0) is 9.53 Å². The van der Waals surface area contributed by atoms with Gasteiger partial charge in [-0.1, -0.05) is 32.6 Å². The molecule has 0 radical (unpaired) electrons. The van der Waals surface area contributed by atoms with Gasteiger partial charge in [-0.25, -0.2) is 0 Å². The number of nitrogens with zero attached hydrogens (tertiary/aromatic N) is 2. The lowest BCUT2D eigenvalue weighted by molar-refractivity contribution is -0.135. The lowest BCUT2D eigenvalue weighted by atomic mass is 9.88. The van der Waals surface area contributed by atoms with Gasteiger partial charge in [0.25, 0.3) is 0 Å². The number of ether oxygens (including phenoxy) is 1. The number of guanidine groups is 1. The summed E-state index contributed by atoms with van der Waals surface area (Å²) in [6, 6.07) is 0.302. The van der Waals surface area contributed by atoms with Crippen LogP contribution in [0.4, 0.5) is 0 Å². The monoisotopic (exact) mass is 380 g/mol. The van der Waals surface area contributed by atoms with Gasteiger partial charge >= 0.3 is 0 Å². The third kappa shape index (κ3) is 8.08. The summed E-state index contributed by atoms with van der Waals surface area (Å²) in [5.74, 6) is 1.51. The second kappa shape index (κ2) is 13.0. The van der Waals surface area contributed by atoms with Crippen molar-refractivity contribution in [2.75, 3.05) is 39.4 Å². The molecule has 0 aromatic carbocycles. The summed E-state index contributed by atoms with van der Waals surface area (Å²) in [7, 11) is 0. The van der Waals surface area contributed by atoms with Crippen molar-refractivity contribution in [1.82, 2.24) is 15.5 Å². The molecule has 2 aliphatic rings. The Morgan fingerprint density at radius 2 is 1.89 bits per heavy atom. The predicted molar refractivity (Wildman–Crippen MR) is 111 cm³/mol. The van der Waals surface area contributed by atoms with E-state index in [2.05, 4.69) is 34.4 Å². The zero-order valence-corrected chi connectivity index (χ0v) is 17.5. The molecule has 6 nitrogen and oxygen atoms in total. The number of aliphatic imine (C=N–C) groups is 1. The fourth-order valence-corrected chi connectivity index (χ4v) is 3.91. The maximum atomic E-state index is 12.7. The molecule has 2 fully saturated rings. The first kappa shape index (κ1) is 22.0. The Morgan fingerprint density at radius 3 is 2.63 bits per heavy atom. The van der Waals surface area contributed by atoms with Crippen LogP contribution in [0.15, 0.2) is 4.99 Å². The Morgan fingerprint density at radius 1 is 1.11 bits per heavy atom. The molecule has 156 valence electrons. The maximum absolute atomic E-state index is 12.7. The number of rotatable bonds is 10. The number of hydrogen-bond acceptors (Lipinski definition) is 3. The quantitative estimate of drug-likeness (QED) is 0.347. The smallest absolute Gasteiger partial charge is 0.225 e. The van der Waals surface area contributed by atoms with Gasteiger partial charge in [-0.05, 0) is 39.0 Å². The highest BCUT2D eigenvalue weighted by molar-refractivity contribution is 5.81. The van der Waals surface area contributed by atoms with Crippen LogP contribution in [0, 0.1) is 5.92 Å². The molecule has 1 saturated heterocycles. The summed E-state index contributed by atoms with van der Waals surface area (Å²) in [5.41, 5.74) is 0. The van der Waals surface area contributed by atoms with Crippen LogP contribution in [0.25, 0.3) is 0 Å². The minimum Gasteiger partial charge on any atom is -0.381 e. The van der Waals surface area contributed by atoms with Crippen molar-refractivity contribution in [2.45, 2.75) is 77.7 Å². The van der Waals surface area contributed by atoms with Crippen LogP contribution in [0.2, 0.25) is 0 Å². The molecule has 2 rings (SSSR count). The fraction of sp³-hybridized carbons (Fsp3) is 0.905. The van der Waals surface area contributed by atoms with Crippen molar-refractivity contribution in [3.63, 3.8) is 0 Å². The van der Waals surface area contributed by atoms with E-state index in [-0.39, 0.29) is 5.92 Å². The van der Waals surface area contributed by atoms with E-state index in [1.165, 1.54) is 25.7 Å². The molecule has 0 aromatic rings. The number of amides is 1. The van der Waals surface area contributed by atoms with E-state index in [1.54, 1.807) is 0 Å². The van der Waals surface area contributed by atoms with Gasteiger partial charge in [0.15, 0.2) is 5.96 Å². The van der Waals surface area contributed by atoms with Gasteiger partial charge in [0, 0.05) is 51.4 Å². The van der Waals surface area contributed by atoms with Gasteiger partial charge < -0.3 is 20.3 Å². The summed E-state index contributed by atoms with van der Waals surface area (Å²) in [6.07, 6.45) is 10.1. The average molecular weight is 381 g/mol. The minimum atomic E-state index is 0.270. The average Bonchev–Trinajstić information content (AvgIpc) is 3.16. The van der Waals surface area contributed by atoms with Crippen LogP contribution in [-0.4, -0.2) is 62.2 Å². The summed E-state index contributed by atoms with van der Waals surface area (Å²) in [4.78, 5) is 19.4. The topological polar surface area (TPSA) is 66.0 Å². The number of likely N-dealkylation sites (tertiary alicyclic amines) is 1. The highest BCUT2D eigenvalue weighted by atomic mass is 16.5. The zero-order chi connectivity index (χ0) is 19.3. The predicted octanol–water partition coefficient (Wildman–Crippen LogP) is 2.93. The largest absolute Gasteiger partial charge is 0.381 e. The number of carbonyl (C=O) groups excluding carboxylic acids is 1.